The monoisotopic (exact) mass is 223 g/mol. The minimum Gasteiger partial charge on any atom is -0.378 e. The molecule has 0 aromatic heterocycles. The molecule has 1 aliphatic heterocycles. The van der Waals surface area contributed by atoms with Crippen LogP contribution in [0.15, 0.2) is 11.6 Å². The lowest BCUT2D eigenvalue weighted by atomic mass is 9.84. The first kappa shape index (κ1) is 11.6. The van der Waals surface area contributed by atoms with E-state index in [-0.39, 0.29) is 5.41 Å². The van der Waals surface area contributed by atoms with Crippen molar-refractivity contribution in [3.63, 3.8) is 0 Å². The van der Waals surface area contributed by atoms with Crippen LogP contribution in [0.25, 0.3) is 0 Å². The summed E-state index contributed by atoms with van der Waals surface area (Å²) < 4.78 is 5.28. The normalized spacial score (nSPS) is 30.4. The summed E-state index contributed by atoms with van der Waals surface area (Å²) in [6.07, 6.45) is 5.18. The van der Waals surface area contributed by atoms with E-state index in [9.17, 15) is 4.79 Å². The Hall–Kier alpha value is -0.830. The molecular formula is C13H21NO2. The van der Waals surface area contributed by atoms with E-state index in [2.05, 4.69) is 19.9 Å². The second kappa shape index (κ2) is 4.58. The maximum atomic E-state index is 12.4. The van der Waals surface area contributed by atoms with Gasteiger partial charge in [0.15, 0.2) is 0 Å². The van der Waals surface area contributed by atoms with Crippen LogP contribution in [0.3, 0.4) is 0 Å². The highest BCUT2D eigenvalue weighted by atomic mass is 16.5. The Morgan fingerprint density at radius 3 is 2.75 bits per heavy atom. The highest BCUT2D eigenvalue weighted by Crippen LogP contribution is 2.39. The molecule has 0 aromatic carbocycles. The van der Waals surface area contributed by atoms with Crippen molar-refractivity contribution in [3.05, 3.63) is 11.6 Å². The lowest BCUT2D eigenvalue weighted by Gasteiger charge is -2.34. The van der Waals surface area contributed by atoms with E-state index in [4.69, 9.17) is 4.74 Å². The van der Waals surface area contributed by atoms with Crippen molar-refractivity contribution < 1.29 is 9.53 Å². The van der Waals surface area contributed by atoms with E-state index in [0.717, 1.165) is 32.4 Å². The van der Waals surface area contributed by atoms with Crippen LogP contribution in [-0.2, 0) is 9.53 Å². The summed E-state index contributed by atoms with van der Waals surface area (Å²) in [7, 11) is 0. The molecule has 0 aromatic rings. The van der Waals surface area contributed by atoms with Crippen LogP contribution in [0.4, 0.5) is 0 Å². The predicted octanol–water partition coefficient (Wildman–Crippen LogP) is 1.98. The number of morpholine rings is 1. The Morgan fingerprint density at radius 1 is 1.50 bits per heavy atom. The molecule has 90 valence electrons. The van der Waals surface area contributed by atoms with Crippen molar-refractivity contribution in [1.82, 2.24) is 4.90 Å². The number of rotatable bonds is 2. The molecule has 0 bridgehead atoms. The van der Waals surface area contributed by atoms with Gasteiger partial charge < -0.3 is 9.64 Å². The highest BCUT2D eigenvalue weighted by molar-refractivity contribution is 5.83. The third kappa shape index (κ3) is 2.14. The molecule has 1 amide bonds. The fourth-order valence-electron chi connectivity index (χ4n) is 2.60. The molecule has 0 saturated carbocycles. The number of hydrogen-bond donors (Lipinski definition) is 0. The molecular weight excluding hydrogens is 202 g/mol. The molecule has 1 fully saturated rings. The molecule has 2 aliphatic rings. The minimum absolute atomic E-state index is 0.178. The van der Waals surface area contributed by atoms with E-state index in [0.29, 0.717) is 19.1 Å². The van der Waals surface area contributed by atoms with Crippen molar-refractivity contribution in [2.75, 3.05) is 26.3 Å². The Labute approximate surface area is 97.5 Å². The summed E-state index contributed by atoms with van der Waals surface area (Å²) in [5.74, 6) is 0.315. The van der Waals surface area contributed by atoms with E-state index in [1.807, 2.05) is 4.90 Å². The zero-order valence-electron chi connectivity index (χ0n) is 10.3. The van der Waals surface area contributed by atoms with Crippen LogP contribution < -0.4 is 0 Å². The van der Waals surface area contributed by atoms with Crippen LogP contribution in [0.2, 0.25) is 0 Å². The zero-order valence-corrected chi connectivity index (χ0v) is 10.3. The standard InChI is InChI=1S/C13H21NO2/c1-3-11-4-5-13(2,10-11)12(15)14-6-8-16-9-7-14/h4H,3,5-10H2,1-2H3. The molecule has 1 saturated heterocycles. The average Bonchev–Trinajstić information content (AvgIpc) is 2.73. The van der Waals surface area contributed by atoms with Gasteiger partial charge in [-0.25, -0.2) is 0 Å². The summed E-state index contributed by atoms with van der Waals surface area (Å²) in [6.45, 7) is 7.16. The first-order valence-corrected chi connectivity index (χ1v) is 6.21. The molecule has 16 heavy (non-hydrogen) atoms. The molecule has 1 aliphatic carbocycles. The quantitative estimate of drug-likeness (QED) is 0.670. The van der Waals surface area contributed by atoms with Crippen LogP contribution >= 0.6 is 0 Å². The van der Waals surface area contributed by atoms with Gasteiger partial charge in [-0.15, -0.1) is 0 Å². The molecule has 3 nitrogen and oxygen atoms in total. The Balaban J connectivity index is 1.99. The molecule has 0 N–H and O–H groups in total. The summed E-state index contributed by atoms with van der Waals surface area (Å²) >= 11 is 0. The summed E-state index contributed by atoms with van der Waals surface area (Å²) in [6, 6.07) is 0. The second-order valence-electron chi connectivity index (χ2n) is 5.06. The number of carbonyl (C=O) groups excluding carboxylic acids is 1. The third-order valence-corrected chi connectivity index (χ3v) is 3.73. The Morgan fingerprint density at radius 2 is 2.19 bits per heavy atom. The lowest BCUT2D eigenvalue weighted by molar-refractivity contribution is -0.144. The van der Waals surface area contributed by atoms with Gasteiger partial charge in [-0.2, -0.15) is 0 Å². The predicted molar refractivity (Wildman–Crippen MR) is 63.1 cm³/mol. The number of ether oxygens (including phenoxy) is 1. The maximum Gasteiger partial charge on any atom is 0.229 e. The molecule has 3 heteroatoms. The van der Waals surface area contributed by atoms with E-state index in [1.54, 1.807) is 0 Å². The first-order chi connectivity index (χ1) is 7.65. The lowest BCUT2D eigenvalue weighted by Crippen LogP contribution is -2.47. The van der Waals surface area contributed by atoms with E-state index >= 15 is 0 Å². The fourth-order valence-corrected chi connectivity index (χ4v) is 2.60. The van der Waals surface area contributed by atoms with Crippen molar-refractivity contribution in [3.8, 4) is 0 Å². The first-order valence-electron chi connectivity index (χ1n) is 6.21. The molecule has 0 spiro atoms. The molecule has 1 atom stereocenters. The van der Waals surface area contributed by atoms with Gasteiger partial charge in [-0.05, 0) is 19.3 Å². The van der Waals surface area contributed by atoms with Gasteiger partial charge in [0.25, 0.3) is 0 Å². The SMILES string of the molecule is CCC1=CCC(C)(C(=O)N2CCOCC2)C1. The summed E-state index contributed by atoms with van der Waals surface area (Å²) in [5.41, 5.74) is 1.26. The number of allylic oxidation sites excluding steroid dienone is 2. The number of carbonyl (C=O) groups is 1. The topological polar surface area (TPSA) is 29.5 Å². The summed E-state index contributed by atoms with van der Waals surface area (Å²) in [5, 5.41) is 0. The largest absolute Gasteiger partial charge is 0.378 e. The number of amides is 1. The van der Waals surface area contributed by atoms with Crippen LogP contribution in [0.5, 0.6) is 0 Å². The van der Waals surface area contributed by atoms with Gasteiger partial charge in [0.1, 0.15) is 0 Å². The molecule has 1 unspecified atom stereocenters. The maximum absolute atomic E-state index is 12.4. The van der Waals surface area contributed by atoms with E-state index < -0.39 is 0 Å². The van der Waals surface area contributed by atoms with Gasteiger partial charge in [0.2, 0.25) is 5.91 Å². The van der Waals surface area contributed by atoms with Crippen LogP contribution in [0.1, 0.15) is 33.1 Å². The third-order valence-electron chi connectivity index (χ3n) is 3.73. The van der Waals surface area contributed by atoms with Crippen molar-refractivity contribution in [2.24, 2.45) is 5.41 Å². The van der Waals surface area contributed by atoms with Crippen molar-refractivity contribution in [2.45, 2.75) is 33.1 Å². The Kier molecular flexibility index (Phi) is 3.33. The molecule has 1 heterocycles. The minimum atomic E-state index is -0.178. The average molecular weight is 223 g/mol. The van der Waals surface area contributed by atoms with Gasteiger partial charge in [0, 0.05) is 13.1 Å². The smallest absolute Gasteiger partial charge is 0.229 e. The number of nitrogens with zero attached hydrogens (tertiary/aromatic N) is 1. The molecule has 2 rings (SSSR count). The zero-order chi connectivity index (χ0) is 11.6. The Bertz CT molecular complexity index is 305. The van der Waals surface area contributed by atoms with Crippen molar-refractivity contribution in [1.29, 1.82) is 0 Å². The van der Waals surface area contributed by atoms with Crippen LogP contribution in [0, 0.1) is 5.41 Å². The fraction of sp³-hybridized carbons (Fsp3) is 0.769. The summed E-state index contributed by atoms with van der Waals surface area (Å²) in [4.78, 5) is 14.4. The van der Waals surface area contributed by atoms with Gasteiger partial charge in [0.05, 0.1) is 18.6 Å². The van der Waals surface area contributed by atoms with Crippen LogP contribution in [-0.4, -0.2) is 37.1 Å². The number of hydrogen-bond acceptors (Lipinski definition) is 2. The highest BCUT2D eigenvalue weighted by Gasteiger charge is 2.39. The van der Waals surface area contributed by atoms with Gasteiger partial charge in [-0.1, -0.05) is 25.5 Å². The van der Waals surface area contributed by atoms with Gasteiger partial charge in [-0.3, -0.25) is 4.79 Å². The second-order valence-corrected chi connectivity index (χ2v) is 5.06. The van der Waals surface area contributed by atoms with Crippen molar-refractivity contribution >= 4 is 5.91 Å². The van der Waals surface area contributed by atoms with E-state index in [1.165, 1.54) is 5.57 Å². The van der Waals surface area contributed by atoms with Gasteiger partial charge >= 0.3 is 0 Å². The molecule has 0 radical (unpaired) electrons.